The lowest BCUT2D eigenvalue weighted by Crippen LogP contribution is -2.17. The van der Waals surface area contributed by atoms with Crippen LogP contribution in [0.5, 0.6) is 0 Å². The first kappa shape index (κ1) is 14.8. The first-order chi connectivity index (χ1) is 9.20. The standard InChI is InChI=1S/C14H18F3N3/c1-8(2)6-10(18)13-19-11-7-9(14(15,16)17)4-5-12(11)20(13)3/h4-5,7-8,10H,6,18H2,1-3H3. The molecule has 1 unspecified atom stereocenters. The van der Waals surface area contributed by atoms with Gasteiger partial charge in [0.15, 0.2) is 0 Å². The van der Waals surface area contributed by atoms with Crippen molar-refractivity contribution in [2.24, 2.45) is 18.7 Å². The second-order valence-electron chi connectivity index (χ2n) is 5.47. The highest BCUT2D eigenvalue weighted by atomic mass is 19.4. The van der Waals surface area contributed by atoms with E-state index >= 15 is 0 Å². The summed E-state index contributed by atoms with van der Waals surface area (Å²) < 4.78 is 39.8. The van der Waals surface area contributed by atoms with Gasteiger partial charge in [-0.15, -0.1) is 0 Å². The Morgan fingerprint density at radius 3 is 2.50 bits per heavy atom. The van der Waals surface area contributed by atoms with Gasteiger partial charge >= 0.3 is 6.18 Å². The Kier molecular flexibility index (Phi) is 3.77. The van der Waals surface area contributed by atoms with Gasteiger partial charge in [0.1, 0.15) is 5.82 Å². The van der Waals surface area contributed by atoms with E-state index in [1.54, 1.807) is 11.6 Å². The molecule has 3 nitrogen and oxygen atoms in total. The van der Waals surface area contributed by atoms with Crippen LogP contribution in [-0.2, 0) is 13.2 Å². The van der Waals surface area contributed by atoms with Crippen molar-refractivity contribution in [1.29, 1.82) is 0 Å². The van der Waals surface area contributed by atoms with E-state index in [2.05, 4.69) is 4.98 Å². The highest BCUT2D eigenvalue weighted by Gasteiger charge is 2.31. The first-order valence-corrected chi connectivity index (χ1v) is 6.49. The molecule has 1 atom stereocenters. The second kappa shape index (κ2) is 5.09. The third kappa shape index (κ3) is 2.80. The van der Waals surface area contributed by atoms with Crippen molar-refractivity contribution in [2.75, 3.05) is 0 Å². The quantitative estimate of drug-likeness (QED) is 0.935. The summed E-state index contributed by atoms with van der Waals surface area (Å²) in [6.45, 7) is 4.09. The van der Waals surface area contributed by atoms with Gasteiger partial charge in [-0.1, -0.05) is 13.8 Å². The smallest absolute Gasteiger partial charge is 0.330 e. The van der Waals surface area contributed by atoms with Gasteiger partial charge < -0.3 is 10.3 Å². The average molecular weight is 285 g/mol. The molecule has 2 rings (SSSR count). The van der Waals surface area contributed by atoms with Crippen LogP contribution in [0.15, 0.2) is 18.2 Å². The number of benzene rings is 1. The van der Waals surface area contributed by atoms with Crippen LogP contribution in [0, 0.1) is 5.92 Å². The van der Waals surface area contributed by atoms with Crippen molar-refractivity contribution >= 4 is 11.0 Å². The molecule has 1 aromatic carbocycles. The predicted octanol–water partition coefficient (Wildman–Crippen LogP) is 3.64. The summed E-state index contributed by atoms with van der Waals surface area (Å²) in [5.41, 5.74) is 6.38. The Labute approximate surface area is 115 Å². The van der Waals surface area contributed by atoms with Crippen LogP contribution in [0.25, 0.3) is 11.0 Å². The largest absolute Gasteiger partial charge is 0.416 e. The fourth-order valence-corrected chi connectivity index (χ4v) is 2.34. The molecule has 0 spiro atoms. The topological polar surface area (TPSA) is 43.8 Å². The molecule has 110 valence electrons. The molecule has 1 aromatic heterocycles. The zero-order valence-electron chi connectivity index (χ0n) is 11.7. The molecular formula is C14H18F3N3. The molecule has 0 saturated heterocycles. The van der Waals surface area contributed by atoms with Crippen molar-refractivity contribution < 1.29 is 13.2 Å². The molecule has 1 heterocycles. The molecule has 0 aliphatic carbocycles. The minimum absolute atomic E-state index is 0.276. The third-order valence-corrected chi connectivity index (χ3v) is 3.30. The zero-order chi connectivity index (χ0) is 15.1. The summed E-state index contributed by atoms with van der Waals surface area (Å²) in [5, 5.41) is 0. The van der Waals surface area contributed by atoms with E-state index in [9.17, 15) is 13.2 Å². The minimum atomic E-state index is -4.36. The molecule has 20 heavy (non-hydrogen) atoms. The summed E-state index contributed by atoms with van der Waals surface area (Å²) >= 11 is 0. The number of hydrogen-bond acceptors (Lipinski definition) is 2. The number of nitrogens with zero attached hydrogens (tertiary/aromatic N) is 2. The van der Waals surface area contributed by atoms with E-state index < -0.39 is 11.7 Å². The normalized spacial score (nSPS) is 14.2. The van der Waals surface area contributed by atoms with Gasteiger partial charge in [-0.05, 0) is 30.5 Å². The maximum absolute atomic E-state index is 12.7. The number of aryl methyl sites for hydroxylation is 1. The predicted molar refractivity (Wildman–Crippen MR) is 72.1 cm³/mol. The van der Waals surface area contributed by atoms with Gasteiger partial charge in [0, 0.05) is 7.05 Å². The number of hydrogen-bond donors (Lipinski definition) is 1. The fourth-order valence-electron chi connectivity index (χ4n) is 2.34. The minimum Gasteiger partial charge on any atom is -0.330 e. The van der Waals surface area contributed by atoms with Crippen molar-refractivity contribution in [3.8, 4) is 0 Å². The molecule has 0 fully saturated rings. The van der Waals surface area contributed by atoms with E-state index in [0.717, 1.165) is 18.6 Å². The molecular weight excluding hydrogens is 267 g/mol. The van der Waals surface area contributed by atoms with E-state index in [1.165, 1.54) is 6.07 Å². The van der Waals surface area contributed by atoms with E-state index in [1.807, 2.05) is 13.8 Å². The Bertz CT molecular complexity index is 614. The van der Waals surface area contributed by atoms with Gasteiger partial charge in [0.05, 0.1) is 22.6 Å². The van der Waals surface area contributed by atoms with Crippen LogP contribution in [0.3, 0.4) is 0 Å². The summed E-state index contributed by atoms with van der Waals surface area (Å²) in [6, 6.07) is 3.31. The Morgan fingerprint density at radius 2 is 1.95 bits per heavy atom. The average Bonchev–Trinajstić information content (AvgIpc) is 2.64. The lowest BCUT2D eigenvalue weighted by atomic mass is 10.0. The number of halogens is 3. The number of imidazole rings is 1. The Balaban J connectivity index is 2.47. The molecule has 0 aliphatic heterocycles. The van der Waals surface area contributed by atoms with Crippen molar-refractivity contribution in [1.82, 2.24) is 9.55 Å². The van der Waals surface area contributed by atoms with Crippen molar-refractivity contribution in [3.63, 3.8) is 0 Å². The van der Waals surface area contributed by atoms with Crippen LogP contribution in [0.2, 0.25) is 0 Å². The van der Waals surface area contributed by atoms with Crippen molar-refractivity contribution in [3.05, 3.63) is 29.6 Å². The molecule has 0 radical (unpaired) electrons. The molecule has 6 heteroatoms. The van der Waals surface area contributed by atoms with Gasteiger partial charge in [0.2, 0.25) is 0 Å². The van der Waals surface area contributed by atoms with Gasteiger partial charge in [0.25, 0.3) is 0 Å². The zero-order valence-corrected chi connectivity index (χ0v) is 11.7. The van der Waals surface area contributed by atoms with E-state index in [0.29, 0.717) is 22.8 Å². The van der Waals surface area contributed by atoms with Gasteiger partial charge in [-0.2, -0.15) is 13.2 Å². The molecule has 2 aromatic rings. The summed E-state index contributed by atoms with van der Waals surface area (Å²) in [6.07, 6.45) is -3.62. The van der Waals surface area contributed by atoms with Crippen LogP contribution in [-0.4, -0.2) is 9.55 Å². The maximum Gasteiger partial charge on any atom is 0.416 e. The van der Waals surface area contributed by atoms with Gasteiger partial charge in [-0.25, -0.2) is 4.98 Å². The number of alkyl halides is 3. The lowest BCUT2D eigenvalue weighted by molar-refractivity contribution is -0.137. The number of aromatic nitrogens is 2. The number of rotatable bonds is 3. The molecule has 0 amide bonds. The van der Waals surface area contributed by atoms with E-state index in [-0.39, 0.29) is 6.04 Å². The van der Waals surface area contributed by atoms with Crippen LogP contribution in [0.4, 0.5) is 13.2 Å². The maximum atomic E-state index is 12.7. The summed E-state index contributed by atoms with van der Waals surface area (Å²) in [7, 11) is 1.78. The SMILES string of the molecule is CC(C)CC(N)c1nc2cc(C(F)(F)F)ccc2n1C. The highest BCUT2D eigenvalue weighted by molar-refractivity contribution is 5.77. The number of fused-ring (bicyclic) bond motifs is 1. The molecule has 2 N–H and O–H groups in total. The summed E-state index contributed by atoms with van der Waals surface area (Å²) in [5.74, 6) is 1.02. The lowest BCUT2D eigenvalue weighted by Gasteiger charge is -2.13. The third-order valence-electron chi connectivity index (χ3n) is 3.30. The van der Waals surface area contributed by atoms with Crippen LogP contribution >= 0.6 is 0 Å². The van der Waals surface area contributed by atoms with E-state index in [4.69, 9.17) is 5.73 Å². The molecule has 0 aliphatic rings. The second-order valence-corrected chi connectivity index (χ2v) is 5.47. The number of nitrogens with two attached hydrogens (primary N) is 1. The van der Waals surface area contributed by atoms with Crippen LogP contribution in [0.1, 0.15) is 37.7 Å². The molecule has 0 bridgehead atoms. The Hall–Kier alpha value is -1.56. The first-order valence-electron chi connectivity index (χ1n) is 6.49. The summed E-state index contributed by atoms with van der Waals surface area (Å²) in [4.78, 5) is 4.28. The monoisotopic (exact) mass is 285 g/mol. The van der Waals surface area contributed by atoms with Gasteiger partial charge in [-0.3, -0.25) is 0 Å². The van der Waals surface area contributed by atoms with Crippen molar-refractivity contribution in [2.45, 2.75) is 32.5 Å². The Morgan fingerprint density at radius 1 is 1.30 bits per heavy atom. The molecule has 0 saturated carbocycles. The fraction of sp³-hybridized carbons (Fsp3) is 0.500. The highest BCUT2D eigenvalue weighted by Crippen LogP contribution is 2.32. The van der Waals surface area contributed by atoms with Crippen LogP contribution < -0.4 is 5.73 Å².